The molecule has 0 fully saturated rings. The molecule has 3 heteroatoms. The van der Waals surface area contributed by atoms with E-state index in [-0.39, 0.29) is 5.82 Å². The molecule has 2 aromatic carbocycles. The zero-order valence-corrected chi connectivity index (χ0v) is 11.4. The van der Waals surface area contributed by atoms with Crippen molar-refractivity contribution < 1.29 is 9.13 Å². The lowest BCUT2D eigenvalue weighted by atomic mass is 9.99. The summed E-state index contributed by atoms with van der Waals surface area (Å²) in [6.07, 6.45) is 0.599. The molecule has 0 bridgehead atoms. The van der Waals surface area contributed by atoms with Gasteiger partial charge in [0.05, 0.1) is 7.11 Å². The third-order valence-corrected chi connectivity index (χ3v) is 3.28. The minimum atomic E-state index is -0.254. The Morgan fingerprint density at radius 1 is 1.21 bits per heavy atom. The molecule has 0 radical (unpaired) electrons. The van der Waals surface area contributed by atoms with Crippen LogP contribution in [0.2, 0.25) is 5.02 Å². The molecule has 0 aliphatic rings. The van der Waals surface area contributed by atoms with Gasteiger partial charge < -0.3 is 4.74 Å². The fourth-order valence-electron chi connectivity index (χ4n) is 1.83. The minimum Gasteiger partial charge on any atom is -0.497 e. The summed E-state index contributed by atoms with van der Waals surface area (Å²) in [5.41, 5.74) is 2.73. The van der Waals surface area contributed by atoms with Crippen LogP contribution in [0.1, 0.15) is 11.1 Å². The summed E-state index contributed by atoms with van der Waals surface area (Å²) >= 11 is 6.15. The molecular formula is C16H14ClFO. The van der Waals surface area contributed by atoms with Crippen LogP contribution >= 0.6 is 11.6 Å². The second-order valence-electron chi connectivity index (χ2n) is 4.24. The van der Waals surface area contributed by atoms with Crippen molar-refractivity contribution in [3.8, 4) is 5.75 Å². The average Bonchev–Trinajstić information content (AvgIpc) is 2.42. The van der Waals surface area contributed by atoms with Gasteiger partial charge in [-0.05, 0) is 53.5 Å². The molecule has 2 rings (SSSR count). The van der Waals surface area contributed by atoms with Crippen molar-refractivity contribution in [2.24, 2.45) is 0 Å². The van der Waals surface area contributed by atoms with Crippen LogP contribution in [-0.4, -0.2) is 7.11 Å². The van der Waals surface area contributed by atoms with Gasteiger partial charge in [-0.2, -0.15) is 0 Å². The molecule has 0 aliphatic carbocycles. The van der Waals surface area contributed by atoms with Crippen LogP contribution < -0.4 is 4.74 Å². The Labute approximate surface area is 117 Å². The molecule has 19 heavy (non-hydrogen) atoms. The van der Waals surface area contributed by atoms with Crippen LogP contribution in [0, 0.1) is 5.82 Å². The van der Waals surface area contributed by atoms with Crippen LogP contribution in [-0.2, 0) is 6.42 Å². The molecule has 0 spiro atoms. The number of methoxy groups -OCH3 is 1. The van der Waals surface area contributed by atoms with Gasteiger partial charge in [0.25, 0.3) is 0 Å². The van der Waals surface area contributed by atoms with Crippen LogP contribution in [0.5, 0.6) is 5.75 Å². The van der Waals surface area contributed by atoms with Gasteiger partial charge in [-0.25, -0.2) is 4.39 Å². The van der Waals surface area contributed by atoms with E-state index in [1.807, 2.05) is 12.1 Å². The maximum absolute atomic E-state index is 12.9. The van der Waals surface area contributed by atoms with Gasteiger partial charge >= 0.3 is 0 Å². The Hall–Kier alpha value is -1.80. The number of halogens is 2. The standard InChI is InChI=1S/C16H14ClFO/c1-11(12-3-5-14(18)6-4-12)9-13-10-15(19-2)7-8-16(13)17/h3-8,10H,1,9H2,2H3. The Bertz CT molecular complexity index is 590. The van der Waals surface area contributed by atoms with E-state index in [9.17, 15) is 4.39 Å². The highest BCUT2D eigenvalue weighted by Crippen LogP contribution is 2.27. The molecular weight excluding hydrogens is 263 g/mol. The topological polar surface area (TPSA) is 9.23 Å². The van der Waals surface area contributed by atoms with E-state index in [0.717, 1.165) is 22.4 Å². The molecule has 0 amide bonds. The fraction of sp³-hybridized carbons (Fsp3) is 0.125. The summed E-state index contributed by atoms with van der Waals surface area (Å²) in [6, 6.07) is 11.8. The predicted molar refractivity (Wildman–Crippen MR) is 77.1 cm³/mol. The number of ether oxygens (including phenoxy) is 1. The first-order chi connectivity index (χ1) is 9.10. The summed E-state index contributed by atoms with van der Waals surface area (Å²) in [7, 11) is 1.61. The summed E-state index contributed by atoms with van der Waals surface area (Å²) in [5.74, 6) is 0.502. The largest absolute Gasteiger partial charge is 0.497 e. The van der Waals surface area contributed by atoms with Crippen molar-refractivity contribution >= 4 is 17.2 Å². The molecule has 0 N–H and O–H groups in total. The number of allylic oxidation sites excluding steroid dienone is 1. The zero-order chi connectivity index (χ0) is 13.8. The van der Waals surface area contributed by atoms with E-state index >= 15 is 0 Å². The van der Waals surface area contributed by atoms with E-state index in [1.165, 1.54) is 12.1 Å². The Balaban J connectivity index is 2.21. The van der Waals surface area contributed by atoms with E-state index in [0.29, 0.717) is 11.4 Å². The van der Waals surface area contributed by atoms with Crippen LogP contribution in [0.4, 0.5) is 4.39 Å². The molecule has 1 nitrogen and oxygen atoms in total. The number of benzene rings is 2. The van der Waals surface area contributed by atoms with Gasteiger partial charge in [-0.15, -0.1) is 0 Å². The van der Waals surface area contributed by atoms with Crippen LogP contribution in [0.3, 0.4) is 0 Å². The van der Waals surface area contributed by atoms with Crippen molar-refractivity contribution in [1.82, 2.24) is 0 Å². The third kappa shape index (κ3) is 3.36. The monoisotopic (exact) mass is 276 g/mol. The first-order valence-corrected chi connectivity index (χ1v) is 6.24. The minimum absolute atomic E-state index is 0.254. The van der Waals surface area contributed by atoms with Crippen molar-refractivity contribution in [2.45, 2.75) is 6.42 Å². The van der Waals surface area contributed by atoms with Gasteiger partial charge in [-0.1, -0.05) is 30.3 Å². The highest BCUT2D eigenvalue weighted by Gasteiger charge is 2.06. The van der Waals surface area contributed by atoms with Crippen LogP contribution in [0.25, 0.3) is 5.57 Å². The van der Waals surface area contributed by atoms with Gasteiger partial charge in [0, 0.05) is 5.02 Å². The van der Waals surface area contributed by atoms with Crippen molar-refractivity contribution in [3.63, 3.8) is 0 Å². The predicted octanol–water partition coefficient (Wildman–Crippen LogP) is 4.74. The molecule has 98 valence electrons. The van der Waals surface area contributed by atoms with Crippen molar-refractivity contribution in [1.29, 1.82) is 0 Å². The van der Waals surface area contributed by atoms with E-state index in [2.05, 4.69) is 6.58 Å². The maximum Gasteiger partial charge on any atom is 0.123 e. The summed E-state index contributed by atoms with van der Waals surface area (Å²) < 4.78 is 18.0. The molecule has 0 saturated heterocycles. The van der Waals surface area contributed by atoms with Crippen molar-refractivity contribution in [2.75, 3.05) is 7.11 Å². The fourth-order valence-corrected chi connectivity index (χ4v) is 2.02. The van der Waals surface area contributed by atoms with E-state index in [1.54, 1.807) is 25.3 Å². The van der Waals surface area contributed by atoms with Gasteiger partial charge in [0.15, 0.2) is 0 Å². The Kier molecular flexibility index (Phi) is 4.23. The quantitative estimate of drug-likeness (QED) is 0.783. The highest BCUT2D eigenvalue weighted by atomic mass is 35.5. The second-order valence-corrected chi connectivity index (χ2v) is 4.65. The smallest absolute Gasteiger partial charge is 0.123 e. The normalized spacial score (nSPS) is 10.3. The van der Waals surface area contributed by atoms with Crippen molar-refractivity contribution in [3.05, 3.63) is 71.0 Å². The molecule has 0 aliphatic heterocycles. The van der Waals surface area contributed by atoms with Gasteiger partial charge in [0.1, 0.15) is 11.6 Å². The maximum atomic E-state index is 12.9. The summed E-state index contributed by atoms with van der Waals surface area (Å²) in [4.78, 5) is 0. The second kappa shape index (κ2) is 5.89. The first-order valence-electron chi connectivity index (χ1n) is 5.86. The zero-order valence-electron chi connectivity index (χ0n) is 10.6. The first kappa shape index (κ1) is 13.6. The summed E-state index contributed by atoms with van der Waals surface area (Å²) in [6.45, 7) is 4.02. The number of hydrogen-bond donors (Lipinski definition) is 0. The number of hydrogen-bond acceptors (Lipinski definition) is 1. The molecule has 0 aromatic heterocycles. The Morgan fingerprint density at radius 2 is 1.89 bits per heavy atom. The highest BCUT2D eigenvalue weighted by molar-refractivity contribution is 6.31. The molecule has 0 saturated carbocycles. The van der Waals surface area contributed by atoms with Gasteiger partial charge in [0.2, 0.25) is 0 Å². The Morgan fingerprint density at radius 3 is 2.53 bits per heavy atom. The summed E-state index contributed by atoms with van der Waals surface area (Å²) in [5, 5.41) is 0.670. The van der Waals surface area contributed by atoms with E-state index < -0.39 is 0 Å². The third-order valence-electron chi connectivity index (χ3n) is 2.91. The van der Waals surface area contributed by atoms with Gasteiger partial charge in [-0.3, -0.25) is 0 Å². The molecule has 2 aromatic rings. The average molecular weight is 277 g/mol. The number of rotatable bonds is 4. The lowest BCUT2D eigenvalue weighted by Gasteiger charge is -2.09. The van der Waals surface area contributed by atoms with E-state index in [4.69, 9.17) is 16.3 Å². The molecule has 0 heterocycles. The SMILES string of the molecule is C=C(Cc1cc(OC)ccc1Cl)c1ccc(F)cc1. The lowest BCUT2D eigenvalue weighted by Crippen LogP contribution is -1.93. The van der Waals surface area contributed by atoms with Crippen LogP contribution in [0.15, 0.2) is 49.0 Å². The molecule has 0 atom stereocenters. The molecule has 0 unspecified atom stereocenters. The lowest BCUT2D eigenvalue weighted by molar-refractivity contribution is 0.414.